The van der Waals surface area contributed by atoms with E-state index in [0.717, 1.165) is 24.8 Å². The second-order valence-electron chi connectivity index (χ2n) is 7.74. The lowest BCUT2D eigenvalue weighted by Crippen LogP contribution is -2.39. The number of hydrogen-bond acceptors (Lipinski definition) is 4. The van der Waals surface area contributed by atoms with Gasteiger partial charge in [0, 0.05) is 18.7 Å². The monoisotopic (exact) mass is 390 g/mol. The van der Waals surface area contributed by atoms with E-state index >= 15 is 0 Å². The summed E-state index contributed by atoms with van der Waals surface area (Å²) < 4.78 is 5.38. The molecule has 0 bridgehead atoms. The van der Waals surface area contributed by atoms with Crippen LogP contribution in [0.1, 0.15) is 47.6 Å². The van der Waals surface area contributed by atoms with Crippen molar-refractivity contribution >= 4 is 5.91 Å². The first-order valence-electron chi connectivity index (χ1n) is 10.2. The molecule has 5 heteroatoms. The first-order chi connectivity index (χ1) is 14.1. The van der Waals surface area contributed by atoms with E-state index in [9.17, 15) is 9.90 Å². The Labute approximate surface area is 171 Å². The van der Waals surface area contributed by atoms with Crippen LogP contribution < -0.4 is 0 Å². The van der Waals surface area contributed by atoms with Gasteiger partial charge < -0.3 is 14.5 Å². The minimum absolute atomic E-state index is 0.112. The highest BCUT2D eigenvalue weighted by Gasteiger charge is 2.31. The predicted molar refractivity (Wildman–Crippen MR) is 111 cm³/mol. The molecule has 1 aromatic heterocycles. The Morgan fingerprint density at radius 2 is 1.72 bits per heavy atom. The maximum absolute atomic E-state index is 13.4. The molecule has 0 radical (unpaired) electrons. The number of rotatable bonds is 5. The van der Waals surface area contributed by atoms with E-state index in [1.807, 2.05) is 41.3 Å². The van der Waals surface area contributed by atoms with Crippen LogP contribution in [-0.4, -0.2) is 34.2 Å². The van der Waals surface area contributed by atoms with E-state index in [-0.39, 0.29) is 11.7 Å². The van der Waals surface area contributed by atoms with Crippen LogP contribution in [-0.2, 0) is 6.42 Å². The summed E-state index contributed by atoms with van der Waals surface area (Å²) in [6.45, 7) is 3.00. The quantitative estimate of drug-likeness (QED) is 0.697. The summed E-state index contributed by atoms with van der Waals surface area (Å²) in [5.74, 6) is 0.702. The number of carbonyl (C=O) groups is 1. The van der Waals surface area contributed by atoms with Crippen LogP contribution in [0.5, 0.6) is 0 Å². The summed E-state index contributed by atoms with van der Waals surface area (Å²) >= 11 is 0. The summed E-state index contributed by atoms with van der Waals surface area (Å²) in [5, 5.41) is 14.2. The molecule has 1 saturated heterocycles. The SMILES string of the molecule is C[C@H](O)c1onc(-c2ccccc2)c1C(=O)N1CCC(Cc2ccccc2)CC1. The van der Waals surface area contributed by atoms with Crippen LogP contribution in [0.15, 0.2) is 65.2 Å². The van der Waals surface area contributed by atoms with Gasteiger partial charge in [-0.05, 0) is 37.7 Å². The van der Waals surface area contributed by atoms with Crippen LogP contribution in [0.3, 0.4) is 0 Å². The van der Waals surface area contributed by atoms with Gasteiger partial charge in [-0.25, -0.2) is 0 Å². The highest BCUT2D eigenvalue weighted by atomic mass is 16.5. The zero-order valence-corrected chi connectivity index (χ0v) is 16.6. The molecule has 2 heterocycles. The average Bonchev–Trinajstić information content (AvgIpc) is 3.21. The lowest BCUT2D eigenvalue weighted by atomic mass is 9.89. The molecule has 0 saturated carbocycles. The molecule has 3 aromatic rings. The average molecular weight is 390 g/mol. The Balaban J connectivity index is 1.51. The van der Waals surface area contributed by atoms with Crippen LogP contribution in [0.4, 0.5) is 0 Å². The topological polar surface area (TPSA) is 66.6 Å². The molecular weight excluding hydrogens is 364 g/mol. The molecule has 4 rings (SSSR count). The van der Waals surface area contributed by atoms with Crippen LogP contribution in [0, 0.1) is 5.92 Å². The second kappa shape index (κ2) is 8.62. The molecule has 0 spiro atoms. The van der Waals surface area contributed by atoms with Crippen molar-refractivity contribution < 1.29 is 14.4 Å². The van der Waals surface area contributed by atoms with E-state index < -0.39 is 6.10 Å². The number of benzene rings is 2. The van der Waals surface area contributed by atoms with E-state index in [1.165, 1.54) is 5.56 Å². The Morgan fingerprint density at radius 1 is 1.10 bits per heavy atom. The van der Waals surface area contributed by atoms with Gasteiger partial charge in [-0.2, -0.15) is 0 Å². The molecular formula is C24H26N2O3. The summed E-state index contributed by atoms with van der Waals surface area (Å²) in [5.41, 5.74) is 3.04. The Kier molecular flexibility index (Phi) is 5.76. The summed E-state index contributed by atoms with van der Waals surface area (Å²) in [6.07, 6.45) is 2.09. The molecule has 5 nitrogen and oxygen atoms in total. The molecule has 0 unspecified atom stereocenters. The molecule has 1 N–H and O–H groups in total. The fourth-order valence-electron chi connectivity index (χ4n) is 4.03. The molecule has 0 aliphatic carbocycles. The lowest BCUT2D eigenvalue weighted by molar-refractivity contribution is 0.0680. The summed E-state index contributed by atoms with van der Waals surface area (Å²) in [6, 6.07) is 20.0. The third-order valence-electron chi connectivity index (χ3n) is 5.63. The van der Waals surface area contributed by atoms with Crippen molar-refractivity contribution in [3.8, 4) is 11.3 Å². The van der Waals surface area contributed by atoms with Gasteiger partial charge in [0.05, 0.1) is 0 Å². The number of aliphatic hydroxyl groups is 1. The fraction of sp³-hybridized carbons (Fsp3) is 0.333. The highest BCUT2D eigenvalue weighted by Crippen LogP contribution is 2.31. The number of hydrogen-bond donors (Lipinski definition) is 1. The van der Waals surface area contributed by atoms with Crippen molar-refractivity contribution in [1.82, 2.24) is 10.1 Å². The molecule has 1 aliphatic heterocycles. The second-order valence-corrected chi connectivity index (χ2v) is 7.74. The molecule has 1 fully saturated rings. The van der Waals surface area contributed by atoms with Gasteiger partial charge in [0.15, 0.2) is 5.76 Å². The first-order valence-corrected chi connectivity index (χ1v) is 10.2. The van der Waals surface area contributed by atoms with Gasteiger partial charge in [0.2, 0.25) is 0 Å². The van der Waals surface area contributed by atoms with Gasteiger partial charge in [0.25, 0.3) is 5.91 Å². The smallest absolute Gasteiger partial charge is 0.259 e. The number of piperidine rings is 1. The van der Waals surface area contributed by atoms with Crippen molar-refractivity contribution in [2.75, 3.05) is 13.1 Å². The van der Waals surface area contributed by atoms with Crippen LogP contribution in [0.25, 0.3) is 11.3 Å². The van der Waals surface area contributed by atoms with E-state index in [1.54, 1.807) is 6.92 Å². The van der Waals surface area contributed by atoms with E-state index in [2.05, 4.69) is 29.4 Å². The maximum atomic E-state index is 13.4. The third-order valence-corrected chi connectivity index (χ3v) is 5.63. The third kappa shape index (κ3) is 4.25. The number of aromatic nitrogens is 1. The lowest BCUT2D eigenvalue weighted by Gasteiger charge is -2.32. The molecule has 150 valence electrons. The molecule has 29 heavy (non-hydrogen) atoms. The van der Waals surface area contributed by atoms with E-state index in [0.29, 0.717) is 30.3 Å². The van der Waals surface area contributed by atoms with Crippen molar-refractivity contribution in [3.05, 3.63) is 77.6 Å². The number of aliphatic hydroxyl groups excluding tert-OH is 1. The van der Waals surface area contributed by atoms with Gasteiger partial charge in [-0.1, -0.05) is 65.8 Å². The highest BCUT2D eigenvalue weighted by molar-refractivity contribution is 6.01. The molecule has 1 amide bonds. The zero-order chi connectivity index (χ0) is 20.2. The van der Waals surface area contributed by atoms with Gasteiger partial charge in [0.1, 0.15) is 17.4 Å². The van der Waals surface area contributed by atoms with Crippen molar-refractivity contribution in [3.63, 3.8) is 0 Å². The first kappa shape index (κ1) is 19.4. The molecule has 1 atom stereocenters. The normalized spacial score (nSPS) is 16.0. The Hall–Kier alpha value is -2.92. The molecule has 1 aliphatic rings. The number of likely N-dealkylation sites (tertiary alicyclic amines) is 1. The van der Waals surface area contributed by atoms with Gasteiger partial charge in [-0.3, -0.25) is 4.79 Å². The standard InChI is InChI=1S/C24H26N2O3/c1-17(27)23-21(22(25-29-23)20-10-6-3-7-11-20)24(28)26-14-12-19(13-15-26)16-18-8-4-2-5-9-18/h2-11,17,19,27H,12-16H2,1H3/t17-/m0/s1. The minimum atomic E-state index is -0.894. The fourth-order valence-corrected chi connectivity index (χ4v) is 4.03. The number of carbonyl (C=O) groups excluding carboxylic acids is 1. The Bertz CT molecular complexity index is 943. The summed E-state index contributed by atoms with van der Waals surface area (Å²) in [4.78, 5) is 15.2. The minimum Gasteiger partial charge on any atom is -0.385 e. The largest absolute Gasteiger partial charge is 0.385 e. The van der Waals surface area contributed by atoms with Crippen molar-refractivity contribution in [1.29, 1.82) is 0 Å². The summed E-state index contributed by atoms with van der Waals surface area (Å²) in [7, 11) is 0. The number of amides is 1. The van der Waals surface area contributed by atoms with Crippen LogP contribution >= 0.6 is 0 Å². The van der Waals surface area contributed by atoms with Crippen molar-refractivity contribution in [2.45, 2.75) is 32.3 Å². The Morgan fingerprint density at radius 3 is 2.34 bits per heavy atom. The maximum Gasteiger partial charge on any atom is 0.259 e. The number of nitrogens with zero attached hydrogens (tertiary/aromatic N) is 2. The van der Waals surface area contributed by atoms with E-state index in [4.69, 9.17) is 4.52 Å². The van der Waals surface area contributed by atoms with Crippen LogP contribution in [0.2, 0.25) is 0 Å². The molecule has 2 aromatic carbocycles. The van der Waals surface area contributed by atoms with Gasteiger partial charge in [-0.15, -0.1) is 0 Å². The zero-order valence-electron chi connectivity index (χ0n) is 16.6. The predicted octanol–water partition coefficient (Wildman–Crippen LogP) is 4.49. The van der Waals surface area contributed by atoms with Gasteiger partial charge >= 0.3 is 0 Å². The van der Waals surface area contributed by atoms with Crippen molar-refractivity contribution in [2.24, 2.45) is 5.92 Å².